The molecule has 1 aromatic rings. The fourth-order valence-electron chi connectivity index (χ4n) is 1.61. The molecule has 1 fully saturated rings. The summed E-state index contributed by atoms with van der Waals surface area (Å²) in [6, 6.07) is 3.39. The maximum Gasteiger partial charge on any atom is 0.294 e. The molecular weight excluding hydrogens is 522 g/mol. The number of nitrogens with two attached hydrogens (primary N) is 1. The van der Waals surface area contributed by atoms with Crippen LogP contribution in [0.25, 0.3) is 6.08 Å². The predicted octanol–water partition coefficient (Wildman–Crippen LogP) is 2.12. The Morgan fingerprint density at radius 3 is 2.43 bits per heavy atom. The van der Waals surface area contributed by atoms with Gasteiger partial charge in [0.2, 0.25) is 5.91 Å². The number of carbonyl (C=O) groups excluding carboxylic acids is 3. The minimum absolute atomic E-state index is 0.176. The third kappa shape index (κ3) is 3.69. The number of carbonyl (C=O) groups is 3. The van der Waals surface area contributed by atoms with E-state index in [0.29, 0.717) is 12.7 Å². The summed E-state index contributed by atoms with van der Waals surface area (Å²) in [6.07, 6.45) is 1.55. The summed E-state index contributed by atoms with van der Waals surface area (Å²) in [5.41, 5.74) is 5.69. The monoisotopic (exact) mass is 530 g/mol. The van der Waals surface area contributed by atoms with Crippen LogP contribution >= 0.6 is 56.9 Å². The van der Waals surface area contributed by atoms with Gasteiger partial charge < -0.3 is 10.8 Å². The first-order valence-corrected chi connectivity index (χ1v) is 8.48. The number of rotatable bonds is 3. The first-order valence-electron chi connectivity index (χ1n) is 5.51. The van der Waals surface area contributed by atoms with Crippen molar-refractivity contribution in [2.75, 3.05) is 6.54 Å². The lowest BCUT2D eigenvalue weighted by molar-refractivity contribution is -0.127. The molecule has 0 spiro atoms. The van der Waals surface area contributed by atoms with Crippen LogP contribution in [0, 0.1) is 7.14 Å². The molecule has 0 bridgehead atoms. The van der Waals surface area contributed by atoms with E-state index in [9.17, 15) is 19.5 Å². The van der Waals surface area contributed by atoms with Crippen LogP contribution < -0.4 is 5.73 Å². The van der Waals surface area contributed by atoms with Gasteiger partial charge in [0.25, 0.3) is 11.1 Å². The summed E-state index contributed by atoms with van der Waals surface area (Å²) in [6.45, 7) is -0.424. The van der Waals surface area contributed by atoms with E-state index >= 15 is 0 Å². The van der Waals surface area contributed by atoms with Crippen molar-refractivity contribution in [3.63, 3.8) is 0 Å². The number of thioether (sulfide) groups is 1. The van der Waals surface area contributed by atoms with Gasteiger partial charge in [-0.3, -0.25) is 19.3 Å². The second-order valence-corrected chi connectivity index (χ2v) is 7.38. The van der Waals surface area contributed by atoms with Crippen LogP contribution in [0.3, 0.4) is 0 Å². The number of hydrogen-bond donors (Lipinski definition) is 2. The molecule has 1 heterocycles. The van der Waals surface area contributed by atoms with E-state index in [4.69, 9.17) is 5.73 Å². The third-order valence-electron chi connectivity index (χ3n) is 2.52. The number of nitrogens with zero attached hydrogens (tertiary/aromatic N) is 1. The van der Waals surface area contributed by atoms with Gasteiger partial charge in [-0.2, -0.15) is 0 Å². The average molecular weight is 530 g/mol. The molecular formula is C12H8I2N2O4S. The van der Waals surface area contributed by atoms with Crippen LogP contribution in [0.4, 0.5) is 4.79 Å². The number of imide groups is 1. The molecule has 0 unspecified atom stereocenters. The molecule has 6 nitrogen and oxygen atoms in total. The van der Waals surface area contributed by atoms with Crippen molar-refractivity contribution in [2.24, 2.45) is 5.73 Å². The fraction of sp³-hybridized carbons (Fsp3) is 0.0833. The fourth-order valence-corrected chi connectivity index (χ4v) is 4.27. The Bertz CT molecular complexity index is 667. The number of hydrogen-bond acceptors (Lipinski definition) is 5. The summed E-state index contributed by atoms with van der Waals surface area (Å²) in [4.78, 5) is 35.6. The number of aromatic hydroxyl groups is 1. The van der Waals surface area contributed by atoms with Crippen LogP contribution in [-0.4, -0.2) is 33.6 Å². The van der Waals surface area contributed by atoms with E-state index in [1.54, 1.807) is 18.2 Å². The minimum Gasteiger partial charge on any atom is -0.506 e. The quantitative estimate of drug-likeness (QED) is 0.461. The number of primary amides is 1. The Balaban J connectivity index is 2.33. The third-order valence-corrected chi connectivity index (χ3v) is 5.08. The first kappa shape index (κ1) is 16.5. The predicted molar refractivity (Wildman–Crippen MR) is 95.4 cm³/mol. The van der Waals surface area contributed by atoms with Gasteiger partial charge >= 0.3 is 0 Å². The Labute approximate surface area is 151 Å². The molecule has 2 rings (SSSR count). The molecule has 0 saturated carbocycles. The Kier molecular flexibility index (Phi) is 5.14. The second-order valence-electron chi connectivity index (χ2n) is 4.07. The molecule has 1 aliphatic heterocycles. The Morgan fingerprint density at radius 2 is 1.90 bits per heavy atom. The van der Waals surface area contributed by atoms with Gasteiger partial charge in [0.05, 0.1) is 12.0 Å². The van der Waals surface area contributed by atoms with Crippen molar-refractivity contribution in [1.29, 1.82) is 0 Å². The molecule has 0 aromatic heterocycles. The van der Waals surface area contributed by atoms with Crippen molar-refractivity contribution >= 4 is 80.1 Å². The first-order chi connectivity index (χ1) is 9.79. The van der Waals surface area contributed by atoms with E-state index in [-0.39, 0.29) is 10.7 Å². The highest BCUT2D eigenvalue weighted by atomic mass is 127. The van der Waals surface area contributed by atoms with Crippen LogP contribution in [0.1, 0.15) is 5.56 Å². The summed E-state index contributed by atoms with van der Waals surface area (Å²) in [5, 5.41) is 9.19. The smallest absolute Gasteiger partial charge is 0.294 e. The van der Waals surface area contributed by atoms with Gasteiger partial charge in [-0.1, -0.05) is 0 Å². The molecule has 1 aromatic carbocycles. The van der Waals surface area contributed by atoms with Crippen molar-refractivity contribution < 1.29 is 19.5 Å². The van der Waals surface area contributed by atoms with Crippen LogP contribution in [-0.2, 0) is 9.59 Å². The largest absolute Gasteiger partial charge is 0.506 e. The minimum atomic E-state index is -0.743. The zero-order valence-corrected chi connectivity index (χ0v) is 15.4. The van der Waals surface area contributed by atoms with Gasteiger partial charge in [0.15, 0.2) is 0 Å². The molecule has 0 aliphatic carbocycles. The molecule has 0 atom stereocenters. The molecule has 3 amide bonds. The number of halogens is 2. The molecule has 1 aliphatic rings. The van der Waals surface area contributed by atoms with Crippen LogP contribution in [0.2, 0.25) is 0 Å². The maximum atomic E-state index is 12.0. The maximum absolute atomic E-state index is 12.0. The van der Waals surface area contributed by atoms with E-state index in [1.807, 2.05) is 45.2 Å². The molecule has 110 valence electrons. The summed E-state index contributed by atoms with van der Waals surface area (Å²) in [7, 11) is 0. The lowest BCUT2D eigenvalue weighted by Gasteiger charge is -2.08. The standard InChI is InChI=1S/C12H8I2N2O4S/c13-6-1-5(2-7(14)10(6)18)3-8-11(19)16(4-9(15)17)12(20)21-8/h1-3,18H,4H2,(H2,15,17)/b8-3-. The Hall–Kier alpha value is -0.820. The molecule has 9 heteroatoms. The van der Waals surface area contributed by atoms with E-state index in [2.05, 4.69) is 0 Å². The van der Waals surface area contributed by atoms with Crippen molar-refractivity contribution in [2.45, 2.75) is 0 Å². The van der Waals surface area contributed by atoms with Gasteiger partial charge in [-0.25, -0.2) is 0 Å². The molecule has 0 radical (unpaired) electrons. The van der Waals surface area contributed by atoms with Gasteiger partial charge in [0.1, 0.15) is 12.3 Å². The molecule has 1 saturated heterocycles. The number of phenolic OH excluding ortho intramolecular Hbond substituents is 1. The van der Waals surface area contributed by atoms with E-state index in [1.165, 1.54) is 0 Å². The van der Waals surface area contributed by atoms with Crippen molar-refractivity contribution in [3.8, 4) is 5.75 Å². The van der Waals surface area contributed by atoms with Gasteiger partial charge in [-0.05, 0) is 80.7 Å². The number of phenols is 1. The van der Waals surface area contributed by atoms with Crippen LogP contribution in [0.5, 0.6) is 5.75 Å². The number of benzene rings is 1. The summed E-state index contributed by atoms with van der Waals surface area (Å²) in [5.74, 6) is -1.11. The number of amides is 3. The van der Waals surface area contributed by atoms with E-state index < -0.39 is 23.6 Å². The van der Waals surface area contributed by atoms with Gasteiger partial charge in [0, 0.05) is 0 Å². The lowest BCUT2D eigenvalue weighted by Crippen LogP contribution is -2.36. The van der Waals surface area contributed by atoms with E-state index in [0.717, 1.165) is 16.7 Å². The summed E-state index contributed by atoms with van der Waals surface area (Å²) >= 11 is 4.71. The highest BCUT2D eigenvalue weighted by Gasteiger charge is 2.35. The second kappa shape index (κ2) is 6.52. The molecule has 3 N–H and O–H groups in total. The van der Waals surface area contributed by atoms with Crippen molar-refractivity contribution in [3.05, 3.63) is 29.7 Å². The highest BCUT2D eigenvalue weighted by Crippen LogP contribution is 2.34. The molecule has 21 heavy (non-hydrogen) atoms. The topological polar surface area (TPSA) is 101 Å². The normalized spacial score (nSPS) is 16.9. The van der Waals surface area contributed by atoms with Crippen molar-refractivity contribution in [1.82, 2.24) is 4.90 Å². The zero-order chi connectivity index (χ0) is 15.7. The zero-order valence-electron chi connectivity index (χ0n) is 10.3. The summed E-state index contributed by atoms with van der Waals surface area (Å²) < 4.78 is 1.28. The average Bonchev–Trinajstić information content (AvgIpc) is 2.63. The van der Waals surface area contributed by atoms with Gasteiger partial charge in [-0.15, -0.1) is 0 Å². The van der Waals surface area contributed by atoms with Crippen LogP contribution in [0.15, 0.2) is 17.0 Å². The lowest BCUT2D eigenvalue weighted by atomic mass is 10.2. The highest BCUT2D eigenvalue weighted by molar-refractivity contribution is 14.1. The SMILES string of the molecule is NC(=O)CN1C(=O)S/C(=C\c2cc(I)c(O)c(I)c2)C1=O. The Morgan fingerprint density at radius 1 is 1.33 bits per heavy atom.